The number of aliphatic carboxylic acids is 1. The van der Waals surface area contributed by atoms with Gasteiger partial charge in [-0.05, 0) is 24.1 Å². The number of carbonyl (C=O) groups is 1. The van der Waals surface area contributed by atoms with E-state index >= 15 is 0 Å². The van der Waals surface area contributed by atoms with E-state index in [1.54, 1.807) is 19.1 Å². The molecule has 1 aromatic rings. The Labute approximate surface area is 107 Å². The van der Waals surface area contributed by atoms with Crippen LogP contribution in [0.3, 0.4) is 0 Å². The number of rotatable bonds is 6. The molecule has 100 valence electrons. The fraction of sp³-hybridized carbons (Fsp3) is 0.417. The maximum Gasteiger partial charge on any atom is 0.304 e. The van der Waals surface area contributed by atoms with Gasteiger partial charge >= 0.3 is 5.97 Å². The molecule has 1 unspecified atom stereocenters. The van der Waals surface area contributed by atoms with Crippen LogP contribution >= 0.6 is 0 Å². The predicted molar refractivity (Wildman–Crippen MR) is 68.1 cm³/mol. The van der Waals surface area contributed by atoms with E-state index in [9.17, 15) is 13.2 Å². The van der Waals surface area contributed by atoms with E-state index in [0.29, 0.717) is 6.42 Å². The lowest BCUT2D eigenvalue weighted by molar-refractivity contribution is -0.137. The molecule has 0 aliphatic rings. The van der Waals surface area contributed by atoms with Crippen molar-refractivity contribution >= 4 is 15.8 Å². The van der Waals surface area contributed by atoms with Crippen LogP contribution in [0.25, 0.3) is 0 Å². The van der Waals surface area contributed by atoms with Crippen molar-refractivity contribution in [3.05, 3.63) is 29.8 Å². The van der Waals surface area contributed by atoms with E-state index in [2.05, 4.69) is 0 Å². The van der Waals surface area contributed by atoms with E-state index in [4.69, 9.17) is 10.8 Å². The van der Waals surface area contributed by atoms with Gasteiger partial charge in [0.1, 0.15) is 0 Å². The van der Waals surface area contributed by atoms with Gasteiger partial charge in [0, 0.05) is 6.04 Å². The summed E-state index contributed by atoms with van der Waals surface area (Å²) in [6, 6.07) is 5.94. The molecule has 1 rings (SSSR count). The number of carboxylic acid groups (broad SMARTS) is 1. The molecule has 0 radical (unpaired) electrons. The third kappa shape index (κ3) is 4.12. The summed E-state index contributed by atoms with van der Waals surface area (Å²) in [6.07, 6.45) is 0.313. The first-order chi connectivity index (χ1) is 8.35. The normalized spacial score (nSPS) is 13.2. The number of carboxylic acids is 1. The zero-order chi connectivity index (χ0) is 13.8. The van der Waals surface area contributed by atoms with Crippen LogP contribution in [0.4, 0.5) is 0 Å². The van der Waals surface area contributed by atoms with Crippen molar-refractivity contribution in [3.8, 4) is 0 Å². The highest BCUT2D eigenvalue weighted by Crippen LogP contribution is 2.13. The van der Waals surface area contributed by atoms with E-state index in [1.807, 2.05) is 0 Å². The predicted octanol–water partition coefficient (Wildman–Crippen LogP) is 0.825. The molecule has 0 aromatic heterocycles. The highest BCUT2D eigenvalue weighted by molar-refractivity contribution is 7.91. The van der Waals surface area contributed by atoms with Crippen LogP contribution in [0.5, 0.6) is 0 Å². The molecule has 3 N–H and O–H groups in total. The molecular formula is C12H17NO4S. The van der Waals surface area contributed by atoms with E-state index in [-0.39, 0.29) is 17.1 Å². The Kier molecular flexibility index (Phi) is 4.86. The van der Waals surface area contributed by atoms with Gasteiger partial charge in [0.25, 0.3) is 0 Å². The van der Waals surface area contributed by atoms with Crippen molar-refractivity contribution in [1.29, 1.82) is 0 Å². The molecule has 6 heteroatoms. The van der Waals surface area contributed by atoms with Crippen molar-refractivity contribution in [1.82, 2.24) is 0 Å². The first-order valence-corrected chi connectivity index (χ1v) is 7.29. The first-order valence-electron chi connectivity index (χ1n) is 5.64. The van der Waals surface area contributed by atoms with Crippen LogP contribution in [0.15, 0.2) is 29.2 Å². The summed E-state index contributed by atoms with van der Waals surface area (Å²) in [5, 5.41) is 8.59. The fourth-order valence-corrected chi connectivity index (χ4v) is 2.48. The molecule has 1 aromatic carbocycles. The molecule has 0 heterocycles. The van der Waals surface area contributed by atoms with Crippen molar-refractivity contribution < 1.29 is 18.3 Å². The highest BCUT2D eigenvalue weighted by Gasteiger charge is 2.12. The minimum absolute atomic E-state index is 0.0604. The standard InChI is InChI=1S/C12H17NO4S/c1-2-18(16,17)11-5-3-9(4-6-11)7-10(13)8-12(14)15/h3-6,10H,2,7-8,13H2,1H3,(H,14,15). The third-order valence-corrected chi connectivity index (χ3v) is 4.35. The molecular weight excluding hydrogens is 254 g/mol. The van der Waals surface area contributed by atoms with Crippen LogP contribution in [0.2, 0.25) is 0 Å². The summed E-state index contributed by atoms with van der Waals surface area (Å²) in [4.78, 5) is 10.7. The van der Waals surface area contributed by atoms with Crippen molar-refractivity contribution in [2.45, 2.75) is 30.7 Å². The van der Waals surface area contributed by atoms with Gasteiger partial charge in [-0.15, -0.1) is 0 Å². The molecule has 0 saturated carbocycles. The third-order valence-electron chi connectivity index (χ3n) is 2.60. The molecule has 0 amide bonds. The maximum absolute atomic E-state index is 11.6. The minimum Gasteiger partial charge on any atom is -0.481 e. The Bertz CT molecular complexity index is 507. The molecule has 1 atom stereocenters. The molecule has 18 heavy (non-hydrogen) atoms. The van der Waals surface area contributed by atoms with E-state index < -0.39 is 21.8 Å². The Balaban J connectivity index is 2.75. The van der Waals surface area contributed by atoms with Gasteiger partial charge < -0.3 is 10.8 Å². The van der Waals surface area contributed by atoms with E-state index in [1.165, 1.54) is 12.1 Å². The molecule has 0 aliphatic heterocycles. The van der Waals surface area contributed by atoms with Gasteiger partial charge in [0.2, 0.25) is 0 Å². The van der Waals surface area contributed by atoms with Gasteiger partial charge in [-0.1, -0.05) is 19.1 Å². The van der Waals surface area contributed by atoms with E-state index in [0.717, 1.165) is 5.56 Å². The second-order valence-corrected chi connectivity index (χ2v) is 6.39. The molecule has 0 bridgehead atoms. The van der Waals surface area contributed by atoms with Crippen molar-refractivity contribution in [3.63, 3.8) is 0 Å². The van der Waals surface area contributed by atoms with Crippen LogP contribution < -0.4 is 5.73 Å². The summed E-state index contributed by atoms with van der Waals surface area (Å²) in [6.45, 7) is 1.59. The number of nitrogens with two attached hydrogens (primary N) is 1. The monoisotopic (exact) mass is 271 g/mol. The van der Waals surface area contributed by atoms with Gasteiger partial charge in [-0.2, -0.15) is 0 Å². The number of hydrogen-bond donors (Lipinski definition) is 2. The van der Waals surface area contributed by atoms with Crippen LogP contribution in [0.1, 0.15) is 18.9 Å². The van der Waals surface area contributed by atoms with Gasteiger partial charge in [-0.25, -0.2) is 8.42 Å². The second-order valence-electron chi connectivity index (χ2n) is 4.11. The smallest absolute Gasteiger partial charge is 0.304 e. The van der Waals surface area contributed by atoms with Gasteiger partial charge in [0.15, 0.2) is 9.84 Å². The van der Waals surface area contributed by atoms with Crippen LogP contribution in [-0.4, -0.2) is 31.3 Å². The summed E-state index contributed by atoms with van der Waals surface area (Å²) in [7, 11) is -3.19. The summed E-state index contributed by atoms with van der Waals surface area (Å²) < 4.78 is 23.2. The number of sulfone groups is 1. The SMILES string of the molecule is CCS(=O)(=O)c1ccc(CC(N)CC(=O)O)cc1. The fourth-order valence-electron chi connectivity index (χ4n) is 1.60. The lowest BCUT2D eigenvalue weighted by Crippen LogP contribution is -2.26. The Morgan fingerprint density at radius 3 is 2.33 bits per heavy atom. The molecule has 0 spiro atoms. The number of benzene rings is 1. The van der Waals surface area contributed by atoms with Crippen molar-refractivity contribution in [2.75, 3.05) is 5.75 Å². The lowest BCUT2D eigenvalue weighted by Gasteiger charge is -2.09. The quantitative estimate of drug-likeness (QED) is 0.798. The van der Waals surface area contributed by atoms with Gasteiger partial charge in [0.05, 0.1) is 17.1 Å². The highest BCUT2D eigenvalue weighted by atomic mass is 32.2. The average molecular weight is 271 g/mol. The second kappa shape index (κ2) is 5.97. The van der Waals surface area contributed by atoms with Crippen molar-refractivity contribution in [2.24, 2.45) is 5.73 Å². The zero-order valence-corrected chi connectivity index (χ0v) is 11.0. The zero-order valence-electron chi connectivity index (χ0n) is 10.2. The van der Waals surface area contributed by atoms with Crippen LogP contribution in [-0.2, 0) is 21.1 Å². The summed E-state index contributed by atoms with van der Waals surface area (Å²) in [5.41, 5.74) is 6.49. The Morgan fingerprint density at radius 1 is 1.33 bits per heavy atom. The Hall–Kier alpha value is -1.40. The van der Waals surface area contributed by atoms with Crippen LogP contribution in [0, 0.1) is 0 Å². The molecule has 5 nitrogen and oxygen atoms in total. The largest absolute Gasteiger partial charge is 0.481 e. The molecule has 0 fully saturated rings. The lowest BCUT2D eigenvalue weighted by atomic mass is 10.0. The minimum atomic E-state index is -3.19. The Morgan fingerprint density at radius 2 is 1.89 bits per heavy atom. The summed E-state index contributed by atoms with van der Waals surface area (Å²) in [5.74, 6) is -0.877. The van der Waals surface area contributed by atoms with Gasteiger partial charge in [-0.3, -0.25) is 4.79 Å². The maximum atomic E-state index is 11.6. The molecule has 0 aliphatic carbocycles. The average Bonchev–Trinajstić information content (AvgIpc) is 2.28. The topological polar surface area (TPSA) is 97.5 Å². The molecule has 0 saturated heterocycles. The number of hydrogen-bond acceptors (Lipinski definition) is 4. The first kappa shape index (κ1) is 14.7. The summed E-state index contributed by atoms with van der Waals surface area (Å²) >= 11 is 0.